The molecule has 0 unspecified atom stereocenters. The van der Waals surface area contributed by atoms with Gasteiger partial charge in [-0.2, -0.15) is 0 Å². The topological polar surface area (TPSA) is 96.3 Å². The third-order valence-corrected chi connectivity index (χ3v) is 7.00. The maximum absolute atomic E-state index is 13.1. The van der Waals surface area contributed by atoms with Gasteiger partial charge in [0.2, 0.25) is 5.91 Å². The number of carboxylic acid groups (broad SMARTS) is 1. The number of benzene rings is 3. The summed E-state index contributed by atoms with van der Waals surface area (Å²) in [7, 11) is 1.70. The Kier molecular flexibility index (Phi) is 8.94. The minimum Gasteiger partial charge on any atom is -0.480 e. The van der Waals surface area contributed by atoms with E-state index in [0.717, 1.165) is 16.7 Å². The first-order valence-electron chi connectivity index (χ1n) is 13.3. The van der Waals surface area contributed by atoms with E-state index in [2.05, 4.69) is 51.6 Å². The lowest BCUT2D eigenvalue weighted by Crippen LogP contribution is -2.50. The number of aliphatic carboxylic acids is 1. The molecular formula is C32H36N4O3. The van der Waals surface area contributed by atoms with E-state index in [1.54, 1.807) is 7.05 Å². The molecule has 7 nitrogen and oxygen atoms in total. The standard InChI is InChI=1S/C32H36N4O3/c1-23(2)19-29(31(38)39)35-30(37)28(33-3)20-27-21-36(22-34-27)32(24-13-7-4-8-14-24,25-15-9-5-10-16-25)26-17-11-6-12-18-26/h4-18,21-23,28-29,33H,19-20H2,1-3H3,(H,35,37)(H,38,39)/t28-,29-/m0/s1. The lowest BCUT2D eigenvalue weighted by atomic mass is 9.77. The molecule has 1 amide bonds. The van der Waals surface area contributed by atoms with Crippen molar-refractivity contribution in [2.45, 2.75) is 44.3 Å². The molecule has 0 bridgehead atoms. The zero-order valence-corrected chi connectivity index (χ0v) is 22.6. The van der Waals surface area contributed by atoms with E-state index in [9.17, 15) is 14.7 Å². The van der Waals surface area contributed by atoms with Gasteiger partial charge in [-0.15, -0.1) is 0 Å². The second kappa shape index (κ2) is 12.5. The van der Waals surface area contributed by atoms with Crippen LogP contribution in [0.5, 0.6) is 0 Å². The number of hydrogen-bond donors (Lipinski definition) is 3. The summed E-state index contributed by atoms with van der Waals surface area (Å²) < 4.78 is 2.10. The Labute approximate surface area is 229 Å². The van der Waals surface area contributed by atoms with Crippen LogP contribution < -0.4 is 10.6 Å². The fourth-order valence-corrected chi connectivity index (χ4v) is 5.14. The minimum absolute atomic E-state index is 0.136. The summed E-state index contributed by atoms with van der Waals surface area (Å²) >= 11 is 0. The molecule has 7 heteroatoms. The Balaban J connectivity index is 1.73. The number of carbonyl (C=O) groups excluding carboxylic acids is 1. The first-order valence-corrected chi connectivity index (χ1v) is 13.3. The van der Waals surface area contributed by atoms with Gasteiger partial charge >= 0.3 is 5.97 Å². The van der Waals surface area contributed by atoms with Crippen LogP contribution in [0.1, 0.15) is 42.7 Å². The van der Waals surface area contributed by atoms with E-state index in [1.165, 1.54) is 0 Å². The molecule has 1 aromatic heterocycles. The molecule has 3 aromatic carbocycles. The number of hydrogen-bond acceptors (Lipinski definition) is 4. The van der Waals surface area contributed by atoms with E-state index < -0.39 is 23.6 Å². The molecule has 3 N–H and O–H groups in total. The predicted octanol–water partition coefficient (Wildman–Crippen LogP) is 4.47. The molecule has 4 rings (SSSR count). The highest BCUT2D eigenvalue weighted by Crippen LogP contribution is 2.40. The van der Waals surface area contributed by atoms with Crippen LogP contribution in [0.2, 0.25) is 0 Å². The molecule has 1 heterocycles. The van der Waals surface area contributed by atoms with E-state index in [1.807, 2.05) is 81.0 Å². The lowest BCUT2D eigenvalue weighted by molar-refractivity contribution is -0.142. The lowest BCUT2D eigenvalue weighted by Gasteiger charge is -2.37. The van der Waals surface area contributed by atoms with Crippen LogP contribution in [0.25, 0.3) is 0 Å². The fourth-order valence-electron chi connectivity index (χ4n) is 5.14. The molecule has 0 aliphatic heterocycles. The maximum Gasteiger partial charge on any atom is 0.326 e. The Morgan fingerprint density at radius 1 is 0.846 bits per heavy atom. The molecule has 0 aliphatic rings. The summed E-state index contributed by atoms with van der Waals surface area (Å²) in [5.74, 6) is -1.26. The number of imidazole rings is 1. The van der Waals surface area contributed by atoms with Gasteiger partial charge in [0.05, 0.1) is 18.1 Å². The van der Waals surface area contributed by atoms with Gasteiger partial charge in [0.15, 0.2) is 0 Å². The van der Waals surface area contributed by atoms with Crippen molar-refractivity contribution in [3.63, 3.8) is 0 Å². The summed E-state index contributed by atoms with van der Waals surface area (Å²) in [5.41, 5.74) is 3.25. The van der Waals surface area contributed by atoms with Crippen molar-refractivity contribution in [2.75, 3.05) is 7.05 Å². The van der Waals surface area contributed by atoms with Crippen LogP contribution in [0, 0.1) is 5.92 Å². The summed E-state index contributed by atoms with van der Waals surface area (Å²) in [6, 6.07) is 29.3. The monoisotopic (exact) mass is 524 g/mol. The normalized spacial score (nSPS) is 13.1. The fraction of sp³-hybridized carbons (Fsp3) is 0.281. The van der Waals surface area contributed by atoms with Gasteiger partial charge < -0.3 is 20.3 Å². The average Bonchev–Trinajstić information content (AvgIpc) is 3.42. The summed E-state index contributed by atoms with van der Waals surface area (Å²) in [6.45, 7) is 3.87. The SMILES string of the molecule is CN[C@@H](Cc1cn(C(c2ccccc2)(c2ccccc2)c2ccccc2)cn1)C(=O)N[C@@H](CC(C)C)C(=O)O. The molecule has 0 fully saturated rings. The number of carbonyl (C=O) groups is 2. The number of aromatic nitrogens is 2. The van der Waals surface area contributed by atoms with Crippen molar-refractivity contribution in [2.24, 2.45) is 5.92 Å². The zero-order chi connectivity index (χ0) is 27.8. The Hall–Kier alpha value is -4.23. The minimum atomic E-state index is -1.03. The van der Waals surface area contributed by atoms with Crippen LogP contribution in [-0.2, 0) is 21.5 Å². The highest BCUT2D eigenvalue weighted by Gasteiger charge is 2.38. The molecule has 0 saturated heterocycles. The van der Waals surface area contributed by atoms with Crippen molar-refractivity contribution >= 4 is 11.9 Å². The smallest absolute Gasteiger partial charge is 0.326 e. The molecule has 0 aliphatic carbocycles. The number of rotatable bonds is 12. The third-order valence-electron chi connectivity index (χ3n) is 7.00. The molecule has 4 aromatic rings. The molecular weight excluding hydrogens is 488 g/mol. The van der Waals surface area contributed by atoms with Gasteiger partial charge in [0.1, 0.15) is 11.6 Å². The quantitative estimate of drug-likeness (QED) is 0.238. The van der Waals surface area contributed by atoms with Crippen LogP contribution in [0.3, 0.4) is 0 Å². The largest absolute Gasteiger partial charge is 0.480 e. The molecule has 2 atom stereocenters. The van der Waals surface area contributed by atoms with Gasteiger partial charge in [-0.05, 0) is 36.1 Å². The Morgan fingerprint density at radius 2 is 1.33 bits per heavy atom. The first-order chi connectivity index (χ1) is 18.9. The zero-order valence-electron chi connectivity index (χ0n) is 22.6. The van der Waals surface area contributed by atoms with E-state index in [-0.39, 0.29) is 11.8 Å². The Bertz CT molecular complexity index is 1260. The average molecular weight is 525 g/mol. The third kappa shape index (κ3) is 6.10. The van der Waals surface area contributed by atoms with Crippen LogP contribution in [-0.4, -0.2) is 45.7 Å². The molecule has 202 valence electrons. The van der Waals surface area contributed by atoms with Crippen molar-refractivity contribution in [3.8, 4) is 0 Å². The van der Waals surface area contributed by atoms with Gasteiger partial charge in [-0.1, -0.05) is 105 Å². The predicted molar refractivity (Wildman–Crippen MR) is 152 cm³/mol. The van der Waals surface area contributed by atoms with Gasteiger partial charge in [-0.3, -0.25) is 4.79 Å². The van der Waals surface area contributed by atoms with Gasteiger partial charge in [0.25, 0.3) is 0 Å². The van der Waals surface area contributed by atoms with E-state index in [4.69, 9.17) is 4.98 Å². The number of amides is 1. The molecule has 0 radical (unpaired) electrons. The second-order valence-corrected chi connectivity index (χ2v) is 10.2. The van der Waals surface area contributed by atoms with Crippen molar-refractivity contribution in [1.29, 1.82) is 0 Å². The summed E-state index contributed by atoms with van der Waals surface area (Å²) in [6.07, 6.45) is 4.46. The number of nitrogens with zero attached hydrogens (tertiary/aromatic N) is 2. The highest BCUT2D eigenvalue weighted by molar-refractivity contribution is 5.87. The maximum atomic E-state index is 13.1. The first kappa shape index (κ1) is 27.8. The molecule has 39 heavy (non-hydrogen) atoms. The molecule has 0 saturated carbocycles. The summed E-state index contributed by atoms with van der Waals surface area (Å²) in [4.78, 5) is 29.5. The number of carboxylic acids is 1. The van der Waals surface area contributed by atoms with Crippen molar-refractivity contribution in [3.05, 3.63) is 126 Å². The van der Waals surface area contributed by atoms with Gasteiger partial charge in [0, 0.05) is 12.6 Å². The van der Waals surface area contributed by atoms with E-state index >= 15 is 0 Å². The summed E-state index contributed by atoms with van der Waals surface area (Å²) in [5, 5.41) is 15.3. The van der Waals surface area contributed by atoms with Gasteiger partial charge in [-0.25, -0.2) is 9.78 Å². The van der Waals surface area contributed by atoms with Crippen molar-refractivity contribution in [1.82, 2.24) is 20.2 Å². The number of likely N-dealkylation sites (N-methyl/N-ethyl adjacent to an activating group) is 1. The second-order valence-electron chi connectivity index (χ2n) is 10.2. The highest BCUT2D eigenvalue weighted by atomic mass is 16.4. The van der Waals surface area contributed by atoms with Crippen molar-refractivity contribution < 1.29 is 14.7 Å². The van der Waals surface area contributed by atoms with Crippen LogP contribution in [0.4, 0.5) is 0 Å². The number of nitrogens with one attached hydrogen (secondary N) is 2. The Morgan fingerprint density at radius 3 is 1.74 bits per heavy atom. The van der Waals surface area contributed by atoms with E-state index in [0.29, 0.717) is 18.5 Å². The van der Waals surface area contributed by atoms with Crippen LogP contribution in [0.15, 0.2) is 104 Å². The van der Waals surface area contributed by atoms with Crippen LogP contribution >= 0.6 is 0 Å². The molecule has 0 spiro atoms.